The summed E-state index contributed by atoms with van der Waals surface area (Å²) in [6.45, 7) is 6.66. The first-order valence-electron chi connectivity index (χ1n) is 9.60. The van der Waals surface area contributed by atoms with Gasteiger partial charge in [-0.05, 0) is 72.7 Å². The monoisotopic (exact) mass is 378 g/mol. The number of halogens is 1. The highest BCUT2D eigenvalue weighted by Gasteiger charge is 2.13. The van der Waals surface area contributed by atoms with E-state index in [4.69, 9.17) is 0 Å². The number of piperidine rings is 1. The number of fused-ring (bicyclic) bond motifs is 1. The minimum atomic E-state index is 0. The third-order valence-electron chi connectivity index (χ3n) is 5.40. The topological polar surface area (TPSA) is 16.1 Å². The first-order valence-corrected chi connectivity index (χ1v) is 9.60. The number of aromatic nitrogens is 1. The highest BCUT2D eigenvalue weighted by atomic mass is 35.5. The van der Waals surface area contributed by atoms with Crippen LogP contribution in [0.3, 0.4) is 0 Å². The van der Waals surface area contributed by atoms with Gasteiger partial charge in [-0.1, -0.05) is 42.5 Å². The lowest BCUT2D eigenvalue weighted by Crippen LogP contribution is -2.30. The zero-order valence-electron chi connectivity index (χ0n) is 16.1. The predicted molar refractivity (Wildman–Crippen MR) is 120 cm³/mol. The molecule has 0 radical (unpaired) electrons. The molecule has 27 heavy (non-hydrogen) atoms. The van der Waals surface area contributed by atoms with Crippen molar-refractivity contribution in [3.8, 4) is 0 Å². The van der Waals surface area contributed by atoms with Crippen LogP contribution < -0.4 is 4.90 Å². The number of pyridine rings is 1. The molecular formula is C24H27ClN2. The zero-order chi connectivity index (χ0) is 17.9. The Hall–Kier alpha value is -2.32. The van der Waals surface area contributed by atoms with E-state index in [-0.39, 0.29) is 12.4 Å². The first-order chi connectivity index (χ1) is 12.7. The molecule has 2 heterocycles. The molecule has 0 spiro atoms. The van der Waals surface area contributed by atoms with Crippen LogP contribution in [0.25, 0.3) is 22.9 Å². The van der Waals surface area contributed by atoms with Crippen molar-refractivity contribution in [3.63, 3.8) is 0 Å². The Bertz CT molecular complexity index is 956. The second kappa shape index (κ2) is 8.58. The van der Waals surface area contributed by atoms with Crippen LogP contribution in [0.4, 0.5) is 5.69 Å². The summed E-state index contributed by atoms with van der Waals surface area (Å²) >= 11 is 0. The molecule has 0 unspecified atom stereocenters. The molecule has 0 amide bonds. The highest BCUT2D eigenvalue weighted by Crippen LogP contribution is 2.26. The van der Waals surface area contributed by atoms with Crippen molar-refractivity contribution in [1.29, 1.82) is 0 Å². The number of aryl methyl sites for hydroxylation is 2. The van der Waals surface area contributed by atoms with Crippen molar-refractivity contribution >= 4 is 41.0 Å². The van der Waals surface area contributed by atoms with Gasteiger partial charge in [0.2, 0.25) is 0 Å². The molecule has 1 aliphatic heterocycles. The van der Waals surface area contributed by atoms with Gasteiger partial charge < -0.3 is 4.90 Å². The van der Waals surface area contributed by atoms with Gasteiger partial charge in [-0.3, -0.25) is 4.98 Å². The summed E-state index contributed by atoms with van der Waals surface area (Å²) < 4.78 is 0. The average Bonchev–Trinajstić information content (AvgIpc) is 2.68. The lowest BCUT2D eigenvalue weighted by atomic mass is 10.0. The van der Waals surface area contributed by atoms with Gasteiger partial charge >= 0.3 is 0 Å². The molecule has 1 aliphatic rings. The lowest BCUT2D eigenvalue weighted by Gasteiger charge is -2.30. The van der Waals surface area contributed by atoms with Gasteiger partial charge in [0.1, 0.15) is 0 Å². The fourth-order valence-corrected chi connectivity index (χ4v) is 3.91. The number of rotatable bonds is 3. The summed E-state index contributed by atoms with van der Waals surface area (Å²) in [5, 5.41) is 2.62. The fraction of sp³-hybridized carbons (Fsp3) is 0.292. The quantitative estimate of drug-likeness (QED) is 0.521. The van der Waals surface area contributed by atoms with Crippen molar-refractivity contribution in [3.05, 3.63) is 71.0 Å². The average molecular weight is 379 g/mol. The number of anilines is 1. The molecule has 3 aromatic rings. The van der Waals surface area contributed by atoms with E-state index >= 15 is 0 Å². The molecule has 4 rings (SSSR count). The molecule has 0 bridgehead atoms. The van der Waals surface area contributed by atoms with E-state index < -0.39 is 0 Å². The number of benzene rings is 2. The van der Waals surface area contributed by atoms with E-state index in [2.05, 4.69) is 78.3 Å². The Morgan fingerprint density at radius 3 is 2.41 bits per heavy atom. The lowest BCUT2D eigenvalue weighted by molar-refractivity contribution is 0.577. The summed E-state index contributed by atoms with van der Waals surface area (Å²) in [6, 6.07) is 15.3. The van der Waals surface area contributed by atoms with E-state index in [9.17, 15) is 0 Å². The van der Waals surface area contributed by atoms with Gasteiger partial charge in [0.05, 0.1) is 5.69 Å². The van der Waals surface area contributed by atoms with Gasteiger partial charge in [0.25, 0.3) is 0 Å². The van der Waals surface area contributed by atoms with Crippen LogP contribution in [0.15, 0.2) is 48.7 Å². The second-order valence-electron chi connectivity index (χ2n) is 7.29. The van der Waals surface area contributed by atoms with Crippen LogP contribution in [-0.4, -0.2) is 18.1 Å². The largest absolute Gasteiger partial charge is 0.371 e. The van der Waals surface area contributed by atoms with E-state index in [0.29, 0.717) is 0 Å². The first kappa shape index (κ1) is 19.4. The number of hydrogen-bond acceptors (Lipinski definition) is 2. The molecule has 0 N–H and O–H groups in total. The van der Waals surface area contributed by atoms with E-state index in [1.54, 1.807) is 0 Å². The summed E-state index contributed by atoms with van der Waals surface area (Å²) in [4.78, 5) is 7.15. The van der Waals surface area contributed by atoms with Gasteiger partial charge in [0, 0.05) is 25.0 Å². The Labute approximate surface area is 168 Å². The van der Waals surface area contributed by atoms with Crippen LogP contribution in [0.1, 0.15) is 41.6 Å². The third-order valence-corrected chi connectivity index (χ3v) is 5.40. The highest BCUT2D eigenvalue weighted by molar-refractivity contribution is 5.94. The van der Waals surface area contributed by atoms with Gasteiger partial charge in [-0.15, -0.1) is 12.4 Å². The second-order valence-corrected chi connectivity index (χ2v) is 7.29. The summed E-state index contributed by atoms with van der Waals surface area (Å²) in [6.07, 6.45) is 10.3. The van der Waals surface area contributed by atoms with Gasteiger partial charge in [-0.25, -0.2) is 0 Å². The Kier molecular flexibility index (Phi) is 6.18. The maximum Gasteiger partial charge on any atom is 0.0650 e. The molecule has 1 aromatic heterocycles. The third kappa shape index (κ3) is 4.17. The summed E-state index contributed by atoms with van der Waals surface area (Å²) in [5.41, 5.74) is 6.20. The molecule has 0 aliphatic carbocycles. The van der Waals surface area contributed by atoms with Crippen LogP contribution in [0.2, 0.25) is 0 Å². The predicted octanol–water partition coefficient (Wildman–Crippen LogP) is 6.43. The van der Waals surface area contributed by atoms with Crippen LogP contribution in [0, 0.1) is 13.8 Å². The molecule has 3 heteroatoms. The minimum absolute atomic E-state index is 0. The molecule has 0 atom stereocenters. The molecule has 2 nitrogen and oxygen atoms in total. The maximum absolute atomic E-state index is 4.63. The SMILES string of the molecule is Cc1cnc(/C=C\c2cccc3c(C)cccc23)cc1N1CCCCC1.Cl. The molecule has 140 valence electrons. The van der Waals surface area contributed by atoms with Crippen molar-refractivity contribution in [2.75, 3.05) is 18.0 Å². The van der Waals surface area contributed by atoms with Crippen LogP contribution in [0.5, 0.6) is 0 Å². The van der Waals surface area contributed by atoms with E-state index in [0.717, 1.165) is 18.8 Å². The Morgan fingerprint density at radius 1 is 0.852 bits per heavy atom. The summed E-state index contributed by atoms with van der Waals surface area (Å²) in [7, 11) is 0. The molecule has 1 fully saturated rings. The minimum Gasteiger partial charge on any atom is -0.371 e. The zero-order valence-corrected chi connectivity index (χ0v) is 16.9. The fourth-order valence-electron chi connectivity index (χ4n) is 3.91. The molecular weight excluding hydrogens is 352 g/mol. The van der Waals surface area contributed by atoms with E-state index in [1.807, 2.05) is 6.20 Å². The molecule has 1 saturated heterocycles. The molecule has 2 aromatic carbocycles. The number of nitrogens with zero attached hydrogens (tertiary/aromatic N) is 2. The van der Waals surface area contributed by atoms with Crippen LogP contribution in [-0.2, 0) is 0 Å². The van der Waals surface area contributed by atoms with Crippen molar-refractivity contribution in [2.45, 2.75) is 33.1 Å². The van der Waals surface area contributed by atoms with Crippen molar-refractivity contribution < 1.29 is 0 Å². The standard InChI is InChI=1S/C24H26N2.ClH/c1-18-8-6-11-23-20(9-7-10-22(18)23)12-13-21-16-24(19(2)17-25-21)26-14-4-3-5-15-26;/h6-13,16-17H,3-5,14-15H2,1-2H3;1H/b13-12-;. The van der Waals surface area contributed by atoms with Crippen LogP contribution >= 0.6 is 12.4 Å². The normalized spacial score (nSPS) is 14.5. The summed E-state index contributed by atoms with van der Waals surface area (Å²) in [5.74, 6) is 0. The maximum atomic E-state index is 4.63. The smallest absolute Gasteiger partial charge is 0.0650 e. The number of hydrogen-bond donors (Lipinski definition) is 0. The van der Waals surface area contributed by atoms with Gasteiger partial charge in [-0.2, -0.15) is 0 Å². The molecule has 0 saturated carbocycles. The Morgan fingerprint density at radius 2 is 1.59 bits per heavy atom. The van der Waals surface area contributed by atoms with Crippen molar-refractivity contribution in [2.24, 2.45) is 0 Å². The Balaban J connectivity index is 0.00000210. The van der Waals surface area contributed by atoms with Gasteiger partial charge in [0.15, 0.2) is 0 Å². The van der Waals surface area contributed by atoms with Crippen molar-refractivity contribution in [1.82, 2.24) is 4.98 Å². The van der Waals surface area contributed by atoms with E-state index in [1.165, 1.54) is 52.4 Å².